The van der Waals surface area contributed by atoms with Gasteiger partial charge in [-0.1, -0.05) is 97.1 Å². The zero-order valence-electron chi connectivity index (χ0n) is 29.2. The number of aliphatic hydroxyl groups is 2. The van der Waals surface area contributed by atoms with Gasteiger partial charge in [0.1, 0.15) is 42.2 Å². The van der Waals surface area contributed by atoms with Crippen LogP contribution in [0.2, 0.25) is 0 Å². The van der Waals surface area contributed by atoms with Gasteiger partial charge in [0.25, 0.3) is 0 Å². The Hall–Kier alpha value is -3.53. The normalized spacial score (nSPS) is 30.8. The summed E-state index contributed by atoms with van der Waals surface area (Å²) in [7, 11) is 2.90. The van der Waals surface area contributed by atoms with Crippen LogP contribution >= 0.6 is 0 Å². The molecular weight excluding hydrogens is 660 g/mol. The molecule has 10 atom stereocenters. The van der Waals surface area contributed by atoms with Crippen LogP contribution in [0.25, 0.3) is 0 Å². The lowest BCUT2D eigenvalue weighted by atomic mass is 9.86. The van der Waals surface area contributed by atoms with Crippen molar-refractivity contribution in [2.45, 2.75) is 87.7 Å². The quantitative estimate of drug-likeness (QED) is 0.156. The van der Waals surface area contributed by atoms with E-state index in [1.54, 1.807) is 0 Å². The van der Waals surface area contributed by atoms with E-state index in [0.717, 1.165) is 16.7 Å². The molecule has 0 bridgehead atoms. The summed E-state index contributed by atoms with van der Waals surface area (Å²) in [4.78, 5) is 12.2. The van der Waals surface area contributed by atoms with Crippen molar-refractivity contribution in [1.82, 2.24) is 0 Å². The summed E-state index contributed by atoms with van der Waals surface area (Å²) >= 11 is 0. The average molecular weight is 709 g/mol. The van der Waals surface area contributed by atoms with E-state index in [-0.39, 0.29) is 19.8 Å². The molecule has 0 radical (unpaired) electrons. The first-order chi connectivity index (χ1) is 24.8. The average Bonchev–Trinajstić information content (AvgIpc) is 3.16. The smallest absolute Gasteiger partial charge is 0.303 e. The molecule has 3 aromatic rings. The largest absolute Gasteiger partial charge is 0.457 e. The summed E-state index contributed by atoms with van der Waals surface area (Å²) in [6, 6.07) is 29.0. The third-order valence-corrected chi connectivity index (χ3v) is 8.99. The fraction of sp³-hybridized carbons (Fsp3) is 0.462. The van der Waals surface area contributed by atoms with E-state index in [1.807, 2.05) is 91.0 Å². The molecule has 2 aliphatic heterocycles. The van der Waals surface area contributed by atoms with Gasteiger partial charge in [-0.2, -0.15) is 0 Å². The van der Waals surface area contributed by atoms with Gasteiger partial charge < -0.3 is 52.8 Å². The maximum atomic E-state index is 12.2. The monoisotopic (exact) mass is 708 g/mol. The van der Waals surface area contributed by atoms with E-state index in [9.17, 15) is 15.0 Å². The zero-order chi connectivity index (χ0) is 36.2. The Labute approximate surface area is 298 Å². The molecule has 0 amide bonds. The number of aliphatic hydroxyl groups excluding tert-OH is 2. The van der Waals surface area contributed by atoms with Crippen molar-refractivity contribution in [2.24, 2.45) is 0 Å². The second-order valence-corrected chi connectivity index (χ2v) is 12.4. The second-order valence-electron chi connectivity index (χ2n) is 12.4. The Bertz CT molecular complexity index is 1480. The highest BCUT2D eigenvalue weighted by atomic mass is 16.8. The number of carbonyl (C=O) groups is 1. The summed E-state index contributed by atoms with van der Waals surface area (Å²) in [5.74, 6) is -0.674. The zero-order valence-corrected chi connectivity index (χ0v) is 29.2. The van der Waals surface area contributed by atoms with Crippen LogP contribution in [0.4, 0.5) is 0 Å². The van der Waals surface area contributed by atoms with Crippen LogP contribution < -0.4 is 0 Å². The molecule has 2 saturated heterocycles. The van der Waals surface area contributed by atoms with E-state index >= 15 is 0 Å². The number of methoxy groups -OCH3 is 2. The Morgan fingerprint density at radius 1 is 0.765 bits per heavy atom. The predicted molar refractivity (Wildman–Crippen MR) is 184 cm³/mol. The molecule has 0 aliphatic carbocycles. The van der Waals surface area contributed by atoms with Crippen molar-refractivity contribution in [3.8, 4) is 0 Å². The molecule has 3 aromatic carbocycles. The summed E-state index contributed by atoms with van der Waals surface area (Å²) in [6.45, 7) is 5.04. The number of benzene rings is 3. The molecule has 2 aliphatic rings. The van der Waals surface area contributed by atoms with Crippen LogP contribution in [0.15, 0.2) is 104 Å². The third-order valence-electron chi connectivity index (χ3n) is 8.99. The molecule has 12 nitrogen and oxygen atoms in total. The van der Waals surface area contributed by atoms with Crippen molar-refractivity contribution >= 4 is 5.97 Å². The topological polar surface area (TPSA) is 141 Å². The van der Waals surface area contributed by atoms with Gasteiger partial charge in [-0.3, -0.25) is 4.79 Å². The first-order valence-electron chi connectivity index (χ1n) is 16.9. The second kappa shape index (κ2) is 18.8. The Kier molecular flexibility index (Phi) is 14.3. The minimum atomic E-state index is -1.77. The van der Waals surface area contributed by atoms with E-state index in [4.69, 9.17) is 42.6 Å². The lowest BCUT2D eigenvalue weighted by molar-refractivity contribution is -0.378. The molecule has 2 fully saturated rings. The number of esters is 1. The van der Waals surface area contributed by atoms with Gasteiger partial charge in [0.2, 0.25) is 0 Å². The molecular formula is C39H48O12. The van der Waals surface area contributed by atoms with Crippen LogP contribution in [-0.4, -0.2) is 105 Å². The van der Waals surface area contributed by atoms with E-state index in [2.05, 4.69) is 6.58 Å². The molecule has 5 rings (SSSR count). The minimum Gasteiger partial charge on any atom is -0.457 e. The highest BCUT2D eigenvalue weighted by Crippen LogP contribution is 2.38. The summed E-state index contributed by atoms with van der Waals surface area (Å²) in [5, 5.41) is 21.8. The van der Waals surface area contributed by atoms with Crippen LogP contribution in [0, 0.1) is 0 Å². The van der Waals surface area contributed by atoms with Crippen LogP contribution in [0.1, 0.15) is 23.6 Å². The van der Waals surface area contributed by atoms with Crippen molar-refractivity contribution in [3.63, 3.8) is 0 Å². The Balaban J connectivity index is 1.52. The van der Waals surface area contributed by atoms with Gasteiger partial charge in [0.15, 0.2) is 18.7 Å². The van der Waals surface area contributed by atoms with E-state index < -0.39 is 73.5 Å². The lowest BCUT2D eigenvalue weighted by Crippen LogP contribution is -2.69. The summed E-state index contributed by atoms with van der Waals surface area (Å²) in [6.07, 6.45) is -8.43. The molecule has 0 saturated carbocycles. The van der Waals surface area contributed by atoms with Gasteiger partial charge in [-0.25, -0.2) is 0 Å². The summed E-state index contributed by atoms with van der Waals surface area (Å²) < 4.78 is 56.1. The van der Waals surface area contributed by atoms with Gasteiger partial charge in [-0.05, 0) is 16.7 Å². The van der Waals surface area contributed by atoms with E-state index in [0.29, 0.717) is 6.61 Å². The first kappa shape index (κ1) is 38.7. The third kappa shape index (κ3) is 9.67. The molecule has 51 heavy (non-hydrogen) atoms. The number of ether oxygens (including phenoxy) is 9. The molecule has 0 unspecified atom stereocenters. The number of carbonyl (C=O) groups excluding carboxylic acids is 1. The van der Waals surface area contributed by atoms with Gasteiger partial charge in [0.05, 0.1) is 33.0 Å². The minimum absolute atomic E-state index is 0.0446. The summed E-state index contributed by atoms with van der Waals surface area (Å²) in [5.41, 5.74) is 1.02. The predicted octanol–water partition coefficient (Wildman–Crippen LogP) is 3.71. The van der Waals surface area contributed by atoms with Crippen molar-refractivity contribution in [1.29, 1.82) is 0 Å². The van der Waals surface area contributed by atoms with Crippen LogP contribution in [-0.2, 0) is 67.2 Å². The maximum Gasteiger partial charge on any atom is 0.303 e. The van der Waals surface area contributed by atoms with Crippen molar-refractivity contribution in [3.05, 3.63) is 120 Å². The number of hydrogen-bond acceptors (Lipinski definition) is 12. The standard InChI is InChI=1S/C39H48O12/c1-5-39(25-40)36(42)33(48-26(2)41)34(43-3)38(51-39)50-31-30(24-45-21-27-15-9-6-10-16-27)49-37(44-4)35(47-23-29-19-13-8-14-20-29)32(31)46-22-28-17-11-7-12-18-28/h5-20,30-38,40,42H,1,21-25H2,2-4H3/t30-,31-,32+,33-,34-,35-,36+,37+,38-,39-/m1/s1. The Morgan fingerprint density at radius 2 is 1.31 bits per heavy atom. The first-order valence-corrected chi connectivity index (χ1v) is 16.9. The maximum absolute atomic E-state index is 12.2. The highest BCUT2D eigenvalue weighted by Gasteiger charge is 2.58. The lowest BCUT2D eigenvalue weighted by Gasteiger charge is -2.51. The fourth-order valence-corrected chi connectivity index (χ4v) is 6.29. The molecule has 2 heterocycles. The molecule has 0 spiro atoms. The van der Waals surface area contributed by atoms with Crippen molar-refractivity contribution < 1.29 is 57.6 Å². The number of rotatable bonds is 17. The molecule has 0 aromatic heterocycles. The molecule has 12 heteroatoms. The number of hydrogen-bond donors (Lipinski definition) is 2. The van der Waals surface area contributed by atoms with Gasteiger partial charge >= 0.3 is 5.97 Å². The van der Waals surface area contributed by atoms with Gasteiger partial charge in [-0.15, -0.1) is 6.58 Å². The van der Waals surface area contributed by atoms with Gasteiger partial charge in [0, 0.05) is 21.1 Å². The Morgan fingerprint density at radius 3 is 1.80 bits per heavy atom. The SMILES string of the molecule is C=C[C@]1(CO)O[C@@H](O[C@H]2[C@H](OCc3ccccc3)[C@@H](OCc3ccccc3)[C@@H](OC)O[C@@H]2COCc2ccccc2)[C@H](OC)[C@@H](OC(C)=O)[C@@H]1O. The highest BCUT2D eigenvalue weighted by molar-refractivity contribution is 5.66. The molecule has 2 N–H and O–H groups in total. The fourth-order valence-electron chi connectivity index (χ4n) is 6.29. The van der Waals surface area contributed by atoms with Crippen molar-refractivity contribution in [2.75, 3.05) is 27.4 Å². The molecule has 276 valence electrons. The van der Waals surface area contributed by atoms with Crippen LogP contribution in [0.3, 0.4) is 0 Å². The van der Waals surface area contributed by atoms with E-state index in [1.165, 1.54) is 27.2 Å². The van der Waals surface area contributed by atoms with Crippen LogP contribution in [0.5, 0.6) is 0 Å².